The maximum Gasteiger partial charge on any atom is 0.00612 e. The van der Waals surface area contributed by atoms with Crippen molar-refractivity contribution in [1.82, 2.24) is 0 Å². The fraction of sp³-hybridized carbons (Fsp3) is 0.0714. The molecule has 1 unspecified atom stereocenters. The van der Waals surface area contributed by atoms with Crippen LogP contribution in [0, 0.1) is 0 Å². The van der Waals surface area contributed by atoms with E-state index in [2.05, 4.69) is 116 Å². The molecule has 0 aliphatic rings. The lowest BCUT2D eigenvalue weighted by molar-refractivity contribution is 0.925. The third kappa shape index (κ3) is 2.97. The van der Waals surface area contributed by atoms with Crippen LogP contribution >= 0.6 is 0 Å². The highest BCUT2D eigenvalue weighted by atomic mass is 14.1. The molecule has 0 aliphatic heterocycles. The van der Waals surface area contributed by atoms with Crippen molar-refractivity contribution in [1.29, 1.82) is 0 Å². The van der Waals surface area contributed by atoms with Crippen molar-refractivity contribution in [2.45, 2.75) is 12.8 Å². The summed E-state index contributed by atoms with van der Waals surface area (Å²) in [6.07, 6.45) is 0. The van der Waals surface area contributed by atoms with Gasteiger partial charge in [0.15, 0.2) is 0 Å². The molecule has 0 heteroatoms. The molecule has 5 aromatic carbocycles. The van der Waals surface area contributed by atoms with Gasteiger partial charge in [0.25, 0.3) is 0 Å². The van der Waals surface area contributed by atoms with Crippen LogP contribution in [0.1, 0.15) is 24.0 Å². The summed E-state index contributed by atoms with van der Waals surface area (Å²) in [6, 6.07) is 39.5. The summed E-state index contributed by atoms with van der Waals surface area (Å²) >= 11 is 0. The maximum absolute atomic E-state index is 2.32. The summed E-state index contributed by atoms with van der Waals surface area (Å²) in [6.45, 7) is 2.29. The molecule has 0 radical (unpaired) electrons. The Morgan fingerprint density at radius 3 is 1.96 bits per heavy atom. The maximum atomic E-state index is 2.32. The number of hydrogen-bond donors (Lipinski definition) is 0. The molecule has 0 aliphatic carbocycles. The molecule has 0 aromatic heterocycles. The Kier molecular flexibility index (Phi) is 4.18. The predicted molar refractivity (Wildman–Crippen MR) is 121 cm³/mol. The highest BCUT2D eigenvalue weighted by molar-refractivity contribution is 5.96. The third-order valence-corrected chi connectivity index (χ3v) is 5.78. The van der Waals surface area contributed by atoms with Gasteiger partial charge in [0.1, 0.15) is 0 Å². The Bertz CT molecular complexity index is 1260. The molecule has 0 nitrogen and oxygen atoms in total. The second kappa shape index (κ2) is 6.98. The van der Waals surface area contributed by atoms with E-state index in [0.29, 0.717) is 5.92 Å². The van der Waals surface area contributed by atoms with E-state index in [1.165, 1.54) is 43.8 Å². The molecule has 0 saturated heterocycles. The highest BCUT2D eigenvalue weighted by Crippen LogP contribution is 2.32. The van der Waals surface area contributed by atoms with Gasteiger partial charge in [0, 0.05) is 5.92 Å². The fourth-order valence-electron chi connectivity index (χ4n) is 4.10. The number of benzene rings is 5. The van der Waals surface area contributed by atoms with Gasteiger partial charge in [0.05, 0.1) is 0 Å². The second-order valence-electron chi connectivity index (χ2n) is 7.48. The summed E-state index contributed by atoms with van der Waals surface area (Å²) in [4.78, 5) is 0. The zero-order valence-electron chi connectivity index (χ0n) is 16.0. The summed E-state index contributed by atoms with van der Waals surface area (Å²) in [7, 11) is 0. The largest absolute Gasteiger partial charge is 0.0616 e. The summed E-state index contributed by atoms with van der Waals surface area (Å²) in [5.74, 6) is 0.367. The highest BCUT2D eigenvalue weighted by Gasteiger charge is 2.10. The quantitative estimate of drug-likeness (QED) is 0.308. The monoisotopic (exact) mass is 358 g/mol. The van der Waals surface area contributed by atoms with Crippen molar-refractivity contribution in [3.63, 3.8) is 0 Å². The van der Waals surface area contributed by atoms with Crippen LogP contribution in [0.15, 0.2) is 109 Å². The van der Waals surface area contributed by atoms with E-state index in [9.17, 15) is 0 Å². The van der Waals surface area contributed by atoms with E-state index in [1.54, 1.807) is 0 Å². The van der Waals surface area contributed by atoms with Crippen molar-refractivity contribution < 1.29 is 0 Å². The minimum absolute atomic E-state index is 0.367. The Hall–Kier alpha value is -3.38. The van der Waals surface area contributed by atoms with Crippen LogP contribution in [0.25, 0.3) is 32.7 Å². The van der Waals surface area contributed by atoms with Crippen molar-refractivity contribution >= 4 is 21.5 Å². The lowest BCUT2D eigenvalue weighted by atomic mass is 9.90. The van der Waals surface area contributed by atoms with E-state index in [0.717, 1.165) is 0 Å². The first-order valence-electron chi connectivity index (χ1n) is 9.86. The van der Waals surface area contributed by atoms with Crippen molar-refractivity contribution in [3.8, 4) is 11.1 Å². The third-order valence-electron chi connectivity index (χ3n) is 5.78. The standard InChI is InChI=1S/C28H22/c1-20(25-18-15-22-7-2-3-9-26(22)19-25)21-13-16-24(17-14-21)28-12-6-10-23-8-4-5-11-27(23)28/h2-20H,1H3. The van der Waals surface area contributed by atoms with Gasteiger partial charge in [-0.1, -0.05) is 116 Å². The molecule has 0 N–H and O–H groups in total. The molecule has 0 saturated carbocycles. The molecule has 5 rings (SSSR count). The first-order valence-corrected chi connectivity index (χ1v) is 9.86. The van der Waals surface area contributed by atoms with Gasteiger partial charge >= 0.3 is 0 Å². The van der Waals surface area contributed by atoms with Crippen LogP contribution in [0.2, 0.25) is 0 Å². The Balaban J connectivity index is 1.50. The molecule has 1 atom stereocenters. The molecule has 0 heterocycles. The molecular formula is C28H22. The lowest BCUT2D eigenvalue weighted by Crippen LogP contribution is -1.96. The van der Waals surface area contributed by atoms with Crippen LogP contribution < -0.4 is 0 Å². The normalized spacial score (nSPS) is 12.3. The molecular weight excluding hydrogens is 336 g/mol. The molecule has 134 valence electrons. The number of hydrogen-bond acceptors (Lipinski definition) is 0. The first-order chi connectivity index (χ1) is 13.8. The summed E-state index contributed by atoms with van der Waals surface area (Å²) < 4.78 is 0. The molecule has 0 bridgehead atoms. The van der Waals surface area contributed by atoms with E-state index >= 15 is 0 Å². The van der Waals surface area contributed by atoms with Gasteiger partial charge in [-0.25, -0.2) is 0 Å². The Morgan fingerprint density at radius 1 is 0.500 bits per heavy atom. The van der Waals surface area contributed by atoms with Gasteiger partial charge in [-0.05, 0) is 43.8 Å². The average Bonchev–Trinajstić information content (AvgIpc) is 2.78. The van der Waals surface area contributed by atoms with E-state index in [1.807, 2.05) is 0 Å². The van der Waals surface area contributed by atoms with Crippen LogP contribution in [0.4, 0.5) is 0 Å². The van der Waals surface area contributed by atoms with Crippen LogP contribution in [0.3, 0.4) is 0 Å². The topological polar surface area (TPSA) is 0 Å². The molecule has 5 aromatic rings. The average molecular weight is 358 g/mol. The fourth-order valence-corrected chi connectivity index (χ4v) is 4.10. The summed E-state index contributed by atoms with van der Waals surface area (Å²) in [5, 5.41) is 5.19. The van der Waals surface area contributed by atoms with Gasteiger partial charge in [-0.2, -0.15) is 0 Å². The van der Waals surface area contributed by atoms with Gasteiger partial charge in [0.2, 0.25) is 0 Å². The van der Waals surface area contributed by atoms with Crippen molar-refractivity contribution in [2.75, 3.05) is 0 Å². The minimum Gasteiger partial charge on any atom is -0.0616 e. The van der Waals surface area contributed by atoms with Crippen LogP contribution in [0.5, 0.6) is 0 Å². The van der Waals surface area contributed by atoms with Gasteiger partial charge < -0.3 is 0 Å². The zero-order valence-corrected chi connectivity index (χ0v) is 16.0. The first kappa shape index (κ1) is 16.8. The van der Waals surface area contributed by atoms with Crippen molar-refractivity contribution in [2.24, 2.45) is 0 Å². The number of fused-ring (bicyclic) bond motifs is 2. The minimum atomic E-state index is 0.367. The number of rotatable bonds is 3. The van der Waals surface area contributed by atoms with Crippen LogP contribution in [-0.4, -0.2) is 0 Å². The SMILES string of the molecule is CC(c1ccc(-c2cccc3ccccc23)cc1)c1ccc2ccccc2c1. The Labute approximate surface area is 166 Å². The molecule has 0 spiro atoms. The molecule has 28 heavy (non-hydrogen) atoms. The Morgan fingerprint density at radius 2 is 1.14 bits per heavy atom. The summed E-state index contributed by atoms with van der Waals surface area (Å²) in [5.41, 5.74) is 5.27. The lowest BCUT2D eigenvalue weighted by Gasteiger charge is -2.15. The van der Waals surface area contributed by atoms with Crippen molar-refractivity contribution in [3.05, 3.63) is 120 Å². The van der Waals surface area contributed by atoms with Gasteiger partial charge in [-0.3, -0.25) is 0 Å². The smallest absolute Gasteiger partial charge is 0.00612 e. The van der Waals surface area contributed by atoms with E-state index in [-0.39, 0.29) is 0 Å². The zero-order chi connectivity index (χ0) is 18.9. The van der Waals surface area contributed by atoms with E-state index in [4.69, 9.17) is 0 Å². The predicted octanol–water partition coefficient (Wildman–Crippen LogP) is 7.81. The molecule has 0 amide bonds. The van der Waals surface area contributed by atoms with E-state index < -0.39 is 0 Å². The second-order valence-corrected chi connectivity index (χ2v) is 7.48. The van der Waals surface area contributed by atoms with Gasteiger partial charge in [-0.15, -0.1) is 0 Å². The van der Waals surface area contributed by atoms with Crippen LogP contribution in [-0.2, 0) is 0 Å². The molecule has 0 fully saturated rings.